The number of allylic oxidation sites excluding steroid dienone is 5. The summed E-state index contributed by atoms with van der Waals surface area (Å²) in [6.07, 6.45) is 7.63. The third-order valence-electron chi connectivity index (χ3n) is 9.88. The monoisotopic (exact) mass is 654 g/mol. The Morgan fingerprint density at radius 2 is 1.06 bits per heavy atom. The van der Waals surface area contributed by atoms with Crippen LogP contribution in [0.5, 0.6) is 0 Å². The highest BCUT2D eigenvalue weighted by Crippen LogP contribution is 2.44. The van der Waals surface area contributed by atoms with Crippen molar-refractivity contribution >= 4 is 42.7 Å². The second-order valence-corrected chi connectivity index (χ2v) is 14.0. The van der Waals surface area contributed by atoms with Crippen LogP contribution < -0.4 is 0 Å². The summed E-state index contributed by atoms with van der Waals surface area (Å²) in [5.74, 6) is 0. The molecule has 1 aromatic heterocycles. The molecule has 1 aliphatic carbocycles. The minimum atomic E-state index is 0.842. The topological polar surface area (TPSA) is 0 Å². The van der Waals surface area contributed by atoms with E-state index in [1.54, 1.807) is 0 Å². The molecule has 9 rings (SSSR count). The molecule has 236 valence electrons. The van der Waals surface area contributed by atoms with Gasteiger partial charge in [0, 0.05) is 25.7 Å². The molecule has 0 bridgehead atoms. The molecule has 0 unspecified atom stereocenters. The average molecular weight is 655 g/mol. The number of fused-ring (bicyclic) bond motifs is 6. The fourth-order valence-electron chi connectivity index (χ4n) is 7.31. The maximum atomic E-state index is 4.50. The number of hydrogen-bond donors (Lipinski definition) is 0. The molecular formula is C49H34S. The Labute approximate surface area is 297 Å². The standard InChI is InChI=1S/C49H34S/c1-33-23-24-36(25-26-37-17-8-9-21-43(37)44-22-11-10-20-42(33)44)38-18-12-19-40(29-38)45-31-41(35-15-6-3-7-16-35)32-47-46-30-39(34-13-4-2-5-14-34)27-28-48(46)50-49(45)47/h2-25,27-32H,1,26H2/b24-23-,36-25+. The fraction of sp³-hybridized carbons (Fsp3) is 0.0204. The fourth-order valence-corrected chi connectivity index (χ4v) is 8.51. The summed E-state index contributed by atoms with van der Waals surface area (Å²) in [7, 11) is 0. The van der Waals surface area contributed by atoms with E-state index in [4.69, 9.17) is 0 Å². The van der Waals surface area contributed by atoms with Crippen LogP contribution in [0.3, 0.4) is 0 Å². The molecule has 8 aromatic rings. The Hall–Kier alpha value is -6.02. The summed E-state index contributed by atoms with van der Waals surface area (Å²) >= 11 is 1.89. The van der Waals surface area contributed by atoms with E-state index in [1.807, 2.05) is 11.3 Å². The summed E-state index contributed by atoms with van der Waals surface area (Å²) in [6.45, 7) is 4.50. The van der Waals surface area contributed by atoms with Crippen molar-refractivity contribution in [3.63, 3.8) is 0 Å². The highest BCUT2D eigenvalue weighted by Gasteiger charge is 2.16. The first-order valence-electron chi connectivity index (χ1n) is 17.2. The molecule has 0 atom stereocenters. The average Bonchev–Trinajstić information content (AvgIpc) is 3.56. The smallest absolute Gasteiger partial charge is 0.0434 e. The second kappa shape index (κ2) is 12.8. The lowest BCUT2D eigenvalue weighted by Crippen LogP contribution is -1.95. The van der Waals surface area contributed by atoms with E-state index in [-0.39, 0.29) is 0 Å². The minimum Gasteiger partial charge on any atom is -0.135 e. The first kappa shape index (κ1) is 30.1. The zero-order chi connectivity index (χ0) is 33.4. The molecule has 0 spiro atoms. The molecule has 1 heterocycles. The number of thiophene rings is 1. The van der Waals surface area contributed by atoms with Gasteiger partial charge in [0.05, 0.1) is 0 Å². The predicted molar refractivity (Wildman–Crippen MR) is 217 cm³/mol. The Morgan fingerprint density at radius 3 is 1.86 bits per heavy atom. The maximum Gasteiger partial charge on any atom is 0.0434 e. The molecule has 0 nitrogen and oxygen atoms in total. The van der Waals surface area contributed by atoms with Crippen LogP contribution in [0.4, 0.5) is 0 Å². The van der Waals surface area contributed by atoms with Crippen LogP contribution in [0.25, 0.3) is 75.8 Å². The Balaban J connectivity index is 1.20. The molecule has 7 aromatic carbocycles. The van der Waals surface area contributed by atoms with Crippen LogP contribution in [0.2, 0.25) is 0 Å². The van der Waals surface area contributed by atoms with E-state index in [9.17, 15) is 0 Å². The number of rotatable bonds is 4. The zero-order valence-corrected chi connectivity index (χ0v) is 28.5. The quantitative estimate of drug-likeness (QED) is 0.177. The van der Waals surface area contributed by atoms with Crippen molar-refractivity contribution < 1.29 is 0 Å². The van der Waals surface area contributed by atoms with Crippen LogP contribution >= 0.6 is 11.3 Å². The SMILES string of the molecule is C=C1/C=C\C(c2cccc(-c3cc(-c4ccccc4)cc4c3sc3ccc(-c5ccccc5)cc34)c2)=C/Cc2ccccc2-c2ccccc21. The Bertz CT molecular complexity index is 2610. The zero-order valence-electron chi connectivity index (χ0n) is 27.6. The summed E-state index contributed by atoms with van der Waals surface area (Å²) < 4.78 is 2.62. The van der Waals surface area contributed by atoms with Gasteiger partial charge in [-0.3, -0.25) is 0 Å². The summed E-state index contributed by atoms with van der Waals surface area (Å²) in [5.41, 5.74) is 15.8. The molecule has 1 aliphatic rings. The van der Waals surface area contributed by atoms with Gasteiger partial charge in [0.25, 0.3) is 0 Å². The van der Waals surface area contributed by atoms with E-state index in [1.165, 1.54) is 86.9 Å². The van der Waals surface area contributed by atoms with Crippen molar-refractivity contribution in [3.05, 3.63) is 205 Å². The molecule has 0 saturated heterocycles. The highest BCUT2D eigenvalue weighted by molar-refractivity contribution is 7.26. The maximum absolute atomic E-state index is 4.50. The lowest BCUT2D eigenvalue weighted by atomic mass is 9.88. The van der Waals surface area contributed by atoms with E-state index < -0.39 is 0 Å². The van der Waals surface area contributed by atoms with Crippen molar-refractivity contribution in [2.24, 2.45) is 0 Å². The van der Waals surface area contributed by atoms with Gasteiger partial charge in [0.2, 0.25) is 0 Å². The first-order chi connectivity index (χ1) is 24.7. The van der Waals surface area contributed by atoms with E-state index >= 15 is 0 Å². The van der Waals surface area contributed by atoms with Gasteiger partial charge in [-0.1, -0.05) is 158 Å². The third-order valence-corrected chi connectivity index (χ3v) is 11.1. The van der Waals surface area contributed by atoms with E-state index in [2.05, 4.69) is 189 Å². The molecule has 0 fully saturated rings. The molecule has 1 heteroatoms. The summed E-state index contributed by atoms with van der Waals surface area (Å²) in [6, 6.07) is 59.6. The summed E-state index contributed by atoms with van der Waals surface area (Å²) in [4.78, 5) is 0. The van der Waals surface area contributed by atoms with Gasteiger partial charge < -0.3 is 0 Å². The Morgan fingerprint density at radius 1 is 0.420 bits per heavy atom. The van der Waals surface area contributed by atoms with Crippen molar-refractivity contribution in [2.45, 2.75) is 6.42 Å². The van der Waals surface area contributed by atoms with Gasteiger partial charge in [0.15, 0.2) is 0 Å². The van der Waals surface area contributed by atoms with Crippen molar-refractivity contribution in [2.75, 3.05) is 0 Å². The van der Waals surface area contributed by atoms with Crippen molar-refractivity contribution in [1.82, 2.24) is 0 Å². The van der Waals surface area contributed by atoms with Gasteiger partial charge in [-0.2, -0.15) is 0 Å². The number of hydrogen-bond acceptors (Lipinski definition) is 1. The van der Waals surface area contributed by atoms with Crippen molar-refractivity contribution in [1.29, 1.82) is 0 Å². The second-order valence-electron chi connectivity index (χ2n) is 13.0. The van der Waals surface area contributed by atoms with E-state index in [0.29, 0.717) is 0 Å². The highest BCUT2D eigenvalue weighted by atomic mass is 32.1. The van der Waals surface area contributed by atoms with Gasteiger partial charge in [-0.15, -0.1) is 11.3 Å². The van der Waals surface area contributed by atoms with Gasteiger partial charge in [-0.25, -0.2) is 0 Å². The third kappa shape index (κ3) is 5.52. The van der Waals surface area contributed by atoms with Crippen molar-refractivity contribution in [3.8, 4) is 44.5 Å². The Kier molecular flexibility index (Phi) is 7.69. The predicted octanol–water partition coefficient (Wildman–Crippen LogP) is 13.9. The van der Waals surface area contributed by atoms with Gasteiger partial charge >= 0.3 is 0 Å². The van der Waals surface area contributed by atoms with Crippen LogP contribution in [0, 0.1) is 0 Å². The first-order valence-corrected chi connectivity index (χ1v) is 18.0. The molecule has 0 radical (unpaired) electrons. The minimum absolute atomic E-state index is 0.842. The normalized spacial score (nSPS) is 14.5. The largest absolute Gasteiger partial charge is 0.135 e. The lowest BCUT2D eigenvalue weighted by Gasteiger charge is -2.16. The van der Waals surface area contributed by atoms with E-state index in [0.717, 1.165) is 12.0 Å². The van der Waals surface area contributed by atoms with Crippen LogP contribution in [-0.4, -0.2) is 0 Å². The molecule has 50 heavy (non-hydrogen) atoms. The molecule has 0 aliphatic heterocycles. The lowest BCUT2D eigenvalue weighted by molar-refractivity contribution is 1.27. The molecule has 0 saturated carbocycles. The molecule has 0 amide bonds. The van der Waals surface area contributed by atoms with Crippen LogP contribution in [0.1, 0.15) is 16.7 Å². The molecular weight excluding hydrogens is 621 g/mol. The van der Waals surface area contributed by atoms with Crippen LogP contribution in [0.15, 0.2) is 189 Å². The van der Waals surface area contributed by atoms with Crippen LogP contribution in [-0.2, 0) is 6.42 Å². The van der Waals surface area contributed by atoms with Gasteiger partial charge in [-0.05, 0) is 104 Å². The molecule has 0 N–H and O–H groups in total. The summed E-state index contributed by atoms with van der Waals surface area (Å²) in [5, 5.41) is 2.60. The number of benzene rings is 7. The van der Waals surface area contributed by atoms with Gasteiger partial charge in [0.1, 0.15) is 0 Å².